The maximum atomic E-state index is 12.6. The van der Waals surface area contributed by atoms with Crippen molar-refractivity contribution in [2.75, 3.05) is 7.05 Å². The zero-order valence-corrected chi connectivity index (χ0v) is 15.1. The van der Waals surface area contributed by atoms with Gasteiger partial charge in [0.05, 0.1) is 6.04 Å². The summed E-state index contributed by atoms with van der Waals surface area (Å²) < 4.78 is 5.41. The third kappa shape index (κ3) is 5.03. The maximum absolute atomic E-state index is 12.6. The Morgan fingerprint density at radius 1 is 1.35 bits per heavy atom. The van der Waals surface area contributed by atoms with Crippen molar-refractivity contribution >= 4 is 5.91 Å². The van der Waals surface area contributed by atoms with Gasteiger partial charge in [0.25, 0.3) is 0 Å². The molecule has 2 rings (SSSR count). The van der Waals surface area contributed by atoms with E-state index in [1.165, 1.54) is 0 Å². The van der Waals surface area contributed by atoms with Crippen molar-refractivity contribution in [3.63, 3.8) is 0 Å². The molecule has 0 bridgehead atoms. The van der Waals surface area contributed by atoms with Crippen molar-refractivity contribution in [1.29, 1.82) is 0 Å². The summed E-state index contributed by atoms with van der Waals surface area (Å²) in [4.78, 5) is 17.1. The quantitative estimate of drug-likeness (QED) is 0.807. The number of hydrogen-bond acceptors (Lipinski definition) is 5. The lowest BCUT2D eigenvalue weighted by Crippen LogP contribution is -2.46. The molecule has 0 radical (unpaired) electrons. The summed E-state index contributed by atoms with van der Waals surface area (Å²) in [5, 5.41) is 10.3. The van der Waals surface area contributed by atoms with E-state index in [0.29, 0.717) is 11.8 Å². The van der Waals surface area contributed by atoms with E-state index >= 15 is 0 Å². The molecule has 130 valence electrons. The van der Waals surface area contributed by atoms with Crippen LogP contribution in [0.5, 0.6) is 0 Å². The minimum atomic E-state index is -0.252. The first-order valence-electron chi connectivity index (χ1n) is 8.52. The topological polar surface area (TPSA) is 80.0 Å². The average Bonchev–Trinajstić information content (AvgIpc) is 3.19. The Hall–Kier alpha value is -1.43. The van der Waals surface area contributed by atoms with Gasteiger partial charge in [-0.05, 0) is 37.6 Å². The fourth-order valence-electron chi connectivity index (χ4n) is 2.59. The third-order valence-electron chi connectivity index (χ3n) is 4.11. The average molecular weight is 322 g/mol. The van der Waals surface area contributed by atoms with Crippen LogP contribution in [-0.2, 0) is 4.79 Å². The minimum Gasteiger partial charge on any atom is -0.343 e. The van der Waals surface area contributed by atoms with Gasteiger partial charge >= 0.3 is 0 Å². The first-order valence-corrected chi connectivity index (χ1v) is 8.52. The number of amides is 1. The van der Waals surface area contributed by atoms with Gasteiger partial charge in [0.1, 0.15) is 6.04 Å². The van der Waals surface area contributed by atoms with E-state index in [9.17, 15) is 4.79 Å². The highest BCUT2D eigenvalue weighted by Crippen LogP contribution is 2.38. The van der Waals surface area contributed by atoms with Crippen LogP contribution in [0.3, 0.4) is 0 Å². The van der Waals surface area contributed by atoms with Crippen LogP contribution in [0, 0.1) is 11.3 Å². The number of hydrogen-bond donors (Lipinski definition) is 2. The second kappa shape index (κ2) is 6.99. The van der Waals surface area contributed by atoms with Crippen LogP contribution in [0.15, 0.2) is 4.52 Å². The molecule has 1 heterocycles. The van der Waals surface area contributed by atoms with E-state index in [4.69, 9.17) is 4.52 Å². The molecule has 2 atom stereocenters. The van der Waals surface area contributed by atoms with Crippen LogP contribution in [0.4, 0.5) is 0 Å². The molecule has 1 amide bonds. The molecule has 0 saturated heterocycles. The van der Waals surface area contributed by atoms with E-state index < -0.39 is 0 Å². The van der Waals surface area contributed by atoms with Gasteiger partial charge < -0.3 is 15.2 Å². The van der Waals surface area contributed by atoms with Crippen molar-refractivity contribution in [2.45, 2.75) is 71.9 Å². The third-order valence-corrected chi connectivity index (χ3v) is 4.11. The Kier molecular flexibility index (Phi) is 5.45. The van der Waals surface area contributed by atoms with Crippen molar-refractivity contribution in [3.8, 4) is 0 Å². The highest BCUT2D eigenvalue weighted by molar-refractivity contribution is 5.82. The molecule has 6 heteroatoms. The molecule has 0 aliphatic heterocycles. The van der Waals surface area contributed by atoms with Gasteiger partial charge in [-0.3, -0.25) is 4.79 Å². The SMILES string of the molecule is CNC(CC(C)(C)C)C(=O)NC(c1nc(C2CC2)no1)C(C)C. The standard InChI is InChI=1S/C17H30N4O2/c1-10(2)13(16-20-14(21-23-16)11-7-8-11)19-15(22)12(18-6)9-17(3,4)5/h10-13,18H,7-9H2,1-6H3,(H,19,22). The van der Waals surface area contributed by atoms with E-state index in [1.807, 2.05) is 20.9 Å². The van der Waals surface area contributed by atoms with E-state index in [2.05, 4.69) is 41.5 Å². The number of carbonyl (C=O) groups excluding carboxylic acids is 1. The Bertz CT molecular complexity index is 529. The second-order valence-electron chi connectivity index (χ2n) is 8.10. The predicted octanol–water partition coefficient (Wildman–Crippen LogP) is 2.78. The van der Waals surface area contributed by atoms with E-state index in [0.717, 1.165) is 25.1 Å². The van der Waals surface area contributed by atoms with Gasteiger partial charge in [-0.15, -0.1) is 0 Å². The van der Waals surface area contributed by atoms with E-state index in [-0.39, 0.29) is 29.3 Å². The maximum Gasteiger partial charge on any atom is 0.249 e. The molecular weight excluding hydrogens is 292 g/mol. The van der Waals surface area contributed by atoms with Gasteiger partial charge in [0.15, 0.2) is 5.82 Å². The Labute approximate surface area is 138 Å². The van der Waals surface area contributed by atoms with Gasteiger partial charge in [-0.1, -0.05) is 39.8 Å². The predicted molar refractivity (Wildman–Crippen MR) is 88.9 cm³/mol. The molecule has 2 N–H and O–H groups in total. The van der Waals surface area contributed by atoms with Crippen molar-refractivity contribution < 1.29 is 9.32 Å². The summed E-state index contributed by atoms with van der Waals surface area (Å²) in [7, 11) is 1.82. The molecule has 0 spiro atoms. The summed E-state index contributed by atoms with van der Waals surface area (Å²) >= 11 is 0. The first-order chi connectivity index (χ1) is 10.7. The van der Waals surface area contributed by atoms with Crippen LogP contribution in [0.2, 0.25) is 0 Å². The summed E-state index contributed by atoms with van der Waals surface area (Å²) in [6.45, 7) is 10.5. The molecule has 1 aromatic rings. The second-order valence-corrected chi connectivity index (χ2v) is 8.10. The lowest BCUT2D eigenvalue weighted by atomic mass is 9.87. The fourth-order valence-corrected chi connectivity index (χ4v) is 2.59. The zero-order valence-electron chi connectivity index (χ0n) is 15.1. The molecule has 2 unspecified atom stereocenters. The lowest BCUT2D eigenvalue weighted by Gasteiger charge is -2.27. The summed E-state index contributed by atoms with van der Waals surface area (Å²) in [5.74, 6) is 1.90. The number of carbonyl (C=O) groups is 1. The van der Waals surface area contributed by atoms with Crippen LogP contribution in [0.25, 0.3) is 0 Å². The van der Waals surface area contributed by atoms with Gasteiger partial charge in [-0.2, -0.15) is 4.98 Å². The van der Waals surface area contributed by atoms with Crippen molar-refractivity contribution in [3.05, 3.63) is 11.7 Å². The van der Waals surface area contributed by atoms with E-state index in [1.54, 1.807) is 0 Å². The van der Waals surface area contributed by atoms with Gasteiger partial charge in [-0.25, -0.2) is 0 Å². The van der Waals surface area contributed by atoms with Crippen LogP contribution < -0.4 is 10.6 Å². The smallest absolute Gasteiger partial charge is 0.249 e. The fraction of sp³-hybridized carbons (Fsp3) is 0.824. The number of likely N-dealkylation sites (N-methyl/N-ethyl adjacent to an activating group) is 1. The molecule has 23 heavy (non-hydrogen) atoms. The monoisotopic (exact) mass is 322 g/mol. The molecule has 0 aromatic carbocycles. The van der Waals surface area contributed by atoms with Crippen LogP contribution in [-0.4, -0.2) is 29.1 Å². The van der Waals surface area contributed by atoms with Crippen molar-refractivity contribution in [1.82, 2.24) is 20.8 Å². The minimum absolute atomic E-state index is 0.0210. The highest BCUT2D eigenvalue weighted by atomic mass is 16.5. The van der Waals surface area contributed by atoms with Crippen molar-refractivity contribution in [2.24, 2.45) is 11.3 Å². The van der Waals surface area contributed by atoms with Crippen LogP contribution >= 0.6 is 0 Å². The number of nitrogens with one attached hydrogen (secondary N) is 2. The Morgan fingerprint density at radius 2 is 2.00 bits per heavy atom. The Morgan fingerprint density at radius 3 is 2.48 bits per heavy atom. The molecule has 1 fully saturated rings. The normalized spacial score (nSPS) is 18.0. The van der Waals surface area contributed by atoms with Gasteiger partial charge in [0.2, 0.25) is 11.8 Å². The molecule has 1 saturated carbocycles. The molecule has 1 aliphatic rings. The largest absolute Gasteiger partial charge is 0.343 e. The highest BCUT2D eigenvalue weighted by Gasteiger charge is 2.33. The molecule has 1 aromatic heterocycles. The first kappa shape index (κ1) is 17.9. The lowest BCUT2D eigenvalue weighted by molar-refractivity contribution is -0.125. The van der Waals surface area contributed by atoms with Gasteiger partial charge in [0, 0.05) is 5.92 Å². The number of nitrogens with zero attached hydrogens (tertiary/aromatic N) is 2. The number of rotatable bonds is 7. The molecule has 6 nitrogen and oxygen atoms in total. The summed E-state index contributed by atoms with van der Waals surface area (Å²) in [6, 6.07) is -0.486. The summed E-state index contributed by atoms with van der Waals surface area (Å²) in [5.41, 5.74) is 0.0714. The molecular formula is C17H30N4O2. The molecule has 1 aliphatic carbocycles. The Balaban J connectivity index is 2.06. The van der Waals surface area contributed by atoms with Crippen LogP contribution in [0.1, 0.15) is 77.6 Å². The summed E-state index contributed by atoms with van der Waals surface area (Å²) in [6.07, 6.45) is 3.02. The zero-order chi connectivity index (χ0) is 17.2. The number of aromatic nitrogens is 2.